The summed E-state index contributed by atoms with van der Waals surface area (Å²) >= 11 is 9.45. The molecule has 1 saturated heterocycles. The van der Waals surface area contributed by atoms with E-state index in [-0.39, 0.29) is 47.9 Å². The number of amides is 3. The number of carbonyl (C=O) groups excluding carboxylic acids is 3. The van der Waals surface area contributed by atoms with E-state index in [1.165, 1.54) is 0 Å². The Morgan fingerprint density at radius 3 is 2.37 bits per heavy atom. The first kappa shape index (κ1) is 17.4. The molecule has 140 valence electrons. The lowest BCUT2D eigenvalue weighted by Crippen LogP contribution is -2.40. The standard InChI is InChI=1S/C20H18BrClN2O3/c1-8-4-13(21)14(22)6-15(8)23-16(25)7-24-19(26)17-9-2-3-10(12-5-11(9)12)18(17)20(24)27/h2-4,6,9-12,17-18H,5,7H2,1H3,(H,23,25)/t9-,10-,11-,12-,17-,18+/m0/s1. The first-order chi connectivity index (χ1) is 12.9. The van der Waals surface area contributed by atoms with Crippen LogP contribution in [-0.2, 0) is 14.4 Å². The maximum atomic E-state index is 12.9. The Morgan fingerprint density at radius 1 is 1.19 bits per heavy atom. The Morgan fingerprint density at radius 2 is 1.78 bits per heavy atom. The molecule has 3 amide bonds. The highest BCUT2D eigenvalue weighted by atomic mass is 79.9. The predicted octanol–water partition coefficient (Wildman–Crippen LogP) is 3.40. The SMILES string of the molecule is Cc1cc(Br)c(Cl)cc1NC(=O)CN1C(=O)[C@@H]2[C@H]3C=C[C@@H]([C@@H]4C[C@@H]34)[C@@H]2C1=O. The molecule has 6 atom stereocenters. The van der Waals surface area contributed by atoms with E-state index in [2.05, 4.69) is 33.4 Å². The van der Waals surface area contributed by atoms with E-state index >= 15 is 0 Å². The van der Waals surface area contributed by atoms with Crippen molar-refractivity contribution >= 4 is 50.9 Å². The van der Waals surface area contributed by atoms with Crippen LogP contribution in [0.4, 0.5) is 5.69 Å². The van der Waals surface area contributed by atoms with Crippen molar-refractivity contribution in [2.24, 2.45) is 35.5 Å². The minimum absolute atomic E-state index is 0.169. The fourth-order valence-electron chi connectivity index (χ4n) is 5.29. The largest absolute Gasteiger partial charge is 0.324 e. The van der Waals surface area contributed by atoms with Crippen LogP contribution in [0.15, 0.2) is 28.8 Å². The van der Waals surface area contributed by atoms with Crippen LogP contribution < -0.4 is 5.32 Å². The van der Waals surface area contributed by atoms with Gasteiger partial charge in [-0.25, -0.2) is 0 Å². The maximum Gasteiger partial charge on any atom is 0.244 e. The van der Waals surface area contributed by atoms with Gasteiger partial charge in [0, 0.05) is 10.2 Å². The molecule has 4 aliphatic carbocycles. The average Bonchev–Trinajstić information content (AvgIpc) is 3.41. The van der Waals surface area contributed by atoms with Crippen LogP contribution in [0, 0.1) is 42.4 Å². The number of carbonyl (C=O) groups is 3. The van der Waals surface area contributed by atoms with Crippen LogP contribution in [-0.4, -0.2) is 29.2 Å². The zero-order valence-corrected chi connectivity index (χ0v) is 17.0. The molecule has 0 aromatic heterocycles. The smallest absolute Gasteiger partial charge is 0.244 e. The number of nitrogens with one attached hydrogen (secondary N) is 1. The molecular weight excluding hydrogens is 432 g/mol. The summed E-state index contributed by atoms with van der Waals surface area (Å²) in [5.74, 6) is 0.150. The highest BCUT2D eigenvalue weighted by molar-refractivity contribution is 9.10. The molecule has 0 radical (unpaired) electrons. The molecule has 0 spiro atoms. The van der Waals surface area contributed by atoms with Crippen LogP contribution in [0.2, 0.25) is 5.02 Å². The van der Waals surface area contributed by atoms with Gasteiger partial charge in [0.15, 0.2) is 0 Å². The third-order valence-electron chi connectivity index (χ3n) is 6.60. The second-order valence-corrected chi connectivity index (χ2v) is 9.31. The van der Waals surface area contributed by atoms with Gasteiger partial charge in [0.05, 0.1) is 16.9 Å². The molecular formula is C20H18BrClN2O3. The van der Waals surface area contributed by atoms with E-state index in [1.54, 1.807) is 6.07 Å². The second kappa shape index (κ2) is 5.92. The first-order valence-electron chi connectivity index (χ1n) is 9.16. The third kappa shape index (κ3) is 2.53. The number of halogens is 2. The Balaban J connectivity index is 1.33. The fraction of sp³-hybridized carbons (Fsp3) is 0.450. The number of imide groups is 1. The van der Waals surface area contributed by atoms with Crippen LogP contribution in [0.1, 0.15) is 12.0 Å². The summed E-state index contributed by atoms with van der Waals surface area (Å²) in [5, 5.41) is 3.26. The fourth-order valence-corrected chi connectivity index (χ4v) is 5.91. The summed E-state index contributed by atoms with van der Waals surface area (Å²) in [7, 11) is 0. The number of aryl methyl sites for hydroxylation is 1. The molecule has 1 heterocycles. The normalized spacial score (nSPS) is 35.3. The van der Waals surface area contributed by atoms with Crippen LogP contribution in [0.5, 0.6) is 0 Å². The molecule has 2 saturated carbocycles. The van der Waals surface area contributed by atoms with E-state index in [4.69, 9.17) is 11.6 Å². The molecule has 1 N–H and O–H groups in total. The zero-order chi connectivity index (χ0) is 19.0. The summed E-state index contributed by atoms with van der Waals surface area (Å²) in [6, 6.07) is 3.47. The Labute approximate surface area is 170 Å². The lowest BCUT2D eigenvalue weighted by molar-refractivity contribution is -0.142. The third-order valence-corrected chi connectivity index (χ3v) is 7.79. The number of rotatable bonds is 3. The van der Waals surface area contributed by atoms with Crippen molar-refractivity contribution < 1.29 is 14.4 Å². The van der Waals surface area contributed by atoms with Gasteiger partial charge in [-0.05, 0) is 70.6 Å². The lowest BCUT2D eigenvalue weighted by Gasteiger charge is -2.37. The summed E-state index contributed by atoms with van der Waals surface area (Å²) in [6.07, 6.45) is 5.38. The van der Waals surface area contributed by atoms with Crippen LogP contribution in [0.25, 0.3) is 0 Å². The van der Waals surface area contributed by atoms with Gasteiger partial charge < -0.3 is 5.32 Å². The van der Waals surface area contributed by atoms with Crippen molar-refractivity contribution in [3.05, 3.63) is 39.3 Å². The van der Waals surface area contributed by atoms with Crippen molar-refractivity contribution in [1.29, 1.82) is 0 Å². The molecule has 6 rings (SSSR count). The van der Waals surface area contributed by atoms with Gasteiger partial charge in [0.25, 0.3) is 0 Å². The van der Waals surface area contributed by atoms with Gasteiger partial charge in [0.1, 0.15) is 6.54 Å². The minimum atomic E-state index is -0.387. The molecule has 2 bridgehead atoms. The summed E-state index contributed by atoms with van der Waals surface area (Å²) in [6.45, 7) is 1.61. The van der Waals surface area contributed by atoms with Gasteiger partial charge in [-0.2, -0.15) is 0 Å². The second-order valence-electron chi connectivity index (χ2n) is 8.05. The molecule has 3 fully saturated rings. The topological polar surface area (TPSA) is 66.5 Å². The van der Waals surface area contributed by atoms with Crippen molar-refractivity contribution in [2.75, 3.05) is 11.9 Å². The van der Waals surface area contributed by atoms with Gasteiger partial charge in [-0.3, -0.25) is 19.3 Å². The van der Waals surface area contributed by atoms with E-state index in [9.17, 15) is 14.4 Å². The monoisotopic (exact) mass is 448 g/mol. The number of hydrogen-bond acceptors (Lipinski definition) is 3. The van der Waals surface area contributed by atoms with Crippen molar-refractivity contribution in [2.45, 2.75) is 13.3 Å². The zero-order valence-electron chi connectivity index (χ0n) is 14.6. The molecule has 1 aliphatic heterocycles. The van der Waals surface area contributed by atoms with Crippen molar-refractivity contribution in [3.8, 4) is 0 Å². The number of nitrogens with zero attached hydrogens (tertiary/aromatic N) is 1. The van der Waals surface area contributed by atoms with Gasteiger partial charge in [-0.15, -0.1) is 0 Å². The van der Waals surface area contributed by atoms with E-state index in [0.29, 0.717) is 22.5 Å². The Kier molecular flexibility index (Phi) is 3.82. The van der Waals surface area contributed by atoms with Crippen molar-refractivity contribution in [1.82, 2.24) is 4.90 Å². The Hall–Kier alpha value is -1.66. The predicted molar refractivity (Wildman–Crippen MR) is 104 cm³/mol. The maximum absolute atomic E-state index is 12.9. The van der Waals surface area contributed by atoms with E-state index < -0.39 is 0 Å². The average molecular weight is 450 g/mol. The van der Waals surface area contributed by atoms with Crippen molar-refractivity contribution in [3.63, 3.8) is 0 Å². The number of benzene rings is 1. The van der Waals surface area contributed by atoms with E-state index in [0.717, 1.165) is 21.4 Å². The summed E-state index contributed by atoms with van der Waals surface area (Å²) in [4.78, 5) is 39.5. The quantitative estimate of drug-likeness (QED) is 0.568. The van der Waals surface area contributed by atoms with Crippen LogP contribution >= 0.6 is 27.5 Å². The molecule has 5 nitrogen and oxygen atoms in total. The van der Waals surface area contributed by atoms with E-state index in [1.807, 2.05) is 13.0 Å². The molecule has 1 aromatic rings. The summed E-state index contributed by atoms with van der Waals surface area (Å²) < 4.78 is 0.746. The number of anilines is 1. The highest BCUT2D eigenvalue weighted by Crippen LogP contribution is 2.65. The molecule has 5 aliphatic rings. The van der Waals surface area contributed by atoms with Gasteiger partial charge in [-0.1, -0.05) is 23.8 Å². The molecule has 7 heteroatoms. The minimum Gasteiger partial charge on any atom is -0.324 e. The summed E-state index contributed by atoms with van der Waals surface area (Å²) in [5.41, 5.74) is 1.42. The van der Waals surface area contributed by atoms with Gasteiger partial charge in [0.2, 0.25) is 17.7 Å². The lowest BCUT2D eigenvalue weighted by atomic mass is 9.63. The highest BCUT2D eigenvalue weighted by Gasteiger charge is 2.67. The van der Waals surface area contributed by atoms with Gasteiger partial charge >= 0.3 is 0 Å². The number of hydrogen-bond donors (Lipinski definition) is 1. The Bertz CT molecular complexity index is 894. The molecule has 0 unspecified atom stereocenters. The number of likely N-dealkylation sites (tertiary alicyclic amines) is 1. The van der Waals surface area contributed by atoms with Crippen LogP contribution in [0.3, 0.4) is 0 Å². The molecule has 1 aromatic carbocycles. The first-order valence-corrected chi connectivity index (χ1v) is 10.3. The number of allylic oxidation sites excluding steroid dienone is 2. The molecule has 27 heavy (non-hydrogen) atoms.